The number of carboxylic acids is 1. The number of rotatable bonds is 8. The molecule has 3 N–H and O–H groups in total. The van der Waals surface area contributed by atoms with Crippen molar-refractivity contribution in [3.05, 3.63) is 69.7 Å². The van der Waals surface area contributed by atoms with E-state index in [-0.39, 0.29) is 62.9 Å². The fourth-order valence-corrected chi connectivity index (χ4v) is 8.43. The van der Waals surface area contributed by atoms with Crippen LogP contribution in [0.3, 0.4) is 0 Å². The van der Waals surface area contributed by atoms with E-state index in [2.05, 4.69) is 0 Å². The zero-order chi connectivity index (χ0) is 33.6. The van der Waals surface area contributed by atoms with Crippen molar-refractivity contribution in [2.45, 2.75) is 78.2 Å². The van der Waals surface area contributed by atoms with Crippen LogP contribution in [-0.4, -0.2) is 48.6 Å². The average Bonchev–Trinajstić information content (AvgIpc) is 2.91. The van der Waals surface area contributed by atoms with Crippen molar-refractivity contribution in [2.24, 2.45) is 32.8 Å². The van der Waals surface area contributed by atoms with Gasteiger partial charge in [-0.05, 0) is 113 Å². The van der Waals surface area contributed by atoms with E-state index in [9.17, 15) is 19.2 Å². The number of ether oxygens (including phenoxy) is 2. The fourth-order valence-electron chi connectivity index (χ4n) is 8.05. The molecule has 0 aromatic heterocycles. The molecular formula is C35H44Cl3NO7. The number of carboxylic acid groups (broad SMARTS) is 1. The molecule has 6 aliphatic carbocycles. The Labute approximate surface area is 287 Å². The third-order valence-corrected chi connectivity index (χ3v) is 11.5. The minimum absolute atomic E-state index is 0. The Hall–Kier alpha value is -2.65. The Bertz CT molecular complexity index is 1480. The van der Waals surface area contributed by atoms with Gasteiger partial charge in [0.15, 0.2) is 5.78 Å². The number of carbonyl (C=O) groups excluding carboxylic acids is 3. The number of nitrogens with two attached hydrogens (primary N) is 1. The van der Waals surface area contributed by atoms with Gasteiger partial charge in [-0.3, -0.25) is 14.4 Å². The lowest BCUT2D eigenvalue weighted by Gasteiger charge is -2.75. The third kappa shape index (κ3) is 6.69. The number of ketones is 1. The molecule has 6 saturated carbocycles. The van der Waals surface area contributed by atoms with Crippen LogP contribution in [0.2, 0.25) is 10.0 Å². The summed E-state index contributed by atoms with van der Waals surface area (Å²) in [5.74, 6) is -1.06. The van der Waals surface area contributed by atoms with Crippen molar-refractivity contribution in [3.8, 4) is 0 Å². The minimum atomic E-state index is -0.956. The molecule has 0 heterocycles. The summed E-state index contributed by atoms with van der Waals surface area (Å²) < 4.78 is 9.75. The second-order valence-corrected chi connectivity index (χ2v) is 15.5. The smallest absolute Gasteiger partial charge is 0.335 e. The molecule has 8 rings (SSSR count). The van der Waals surface area contributed by atoms with Gasteiger partial charge < -0.3 is 20.3 Å². The summed E-state index contributed by atoms with van der Waals surface area (Å²) in [7, 11) is 2.89. The van der Waals surface area contributed by atoms with Crippen LogP contribution in [0, 0.1) is 27.1 Å². The van der Waals surface area contributed by atoms with E-state index in [1.807, 2.05) is 33.8 Å². The van der Waals surface area contributed by atoms with Crippen molar-refractivity contribution < 1.29 is 33.8 Å². The first-order valence-electron chi connectivity index (χ1n) is 15.0. The van der Waals surface area contributed by atoms with Crippen molar-refractivity contribution >= 4 is 59.3 Å². The van der Waals surface area contributed by atoms with Crippen LogP contribution >= 0.6 is 35.6 Å². The van der Waals surface area contributed by atoms with Gasteiger partial charge in [-0.25, -0.2) is 4.79 Å². The lowest BCUT2D eigenvalue weighted by molar-refractivity contribution is -0.261. The van der Waals surface area contributed by atoms with Crippen molar-refractivity contribution in [1.82, 2.24) is 0 Å². The number of Topliss-reactive ketones (excluding diaryl/α,β-unsaturated/α-hetero) is 1. The lowest BCUT2D eigenvalue weighted by Crippen LogP contribution is -2.77. The van der Waals surface area contributed by atoms with Gasteiger partial charge in [0.1, 0.15) is 0 Å². The van der Waals surface area contributed by atoms with Crippen LogP contribution in [0.25, 0.3) is 0 Å². The maximum absolute atomic E-state index is 12.4. The highest BCUT2D eigenvalue weighted by Gasteiger charge is 2.75. The predicted molar refractivity (Wildman–Crippen MR) is 180 cm³/mol. The van der Waals surface area contributed by atoms with Gasteiger partial charge in [-0.2, -0.15) is 0 Å². The van der Waals surface area contributed by atoms with Crippen molar-refractivity contribution in [1.29, 1.82) is 0 Å². The molecule has 6 aliphatic rings. The van der Waals surface area contributed by atoms with E-state index >= 15 is 0 Å². The van der Waals surface area contributed by atoms with E-state index in [1.54, 1.807) is 30.3 Å². The standard InChI is InChI=1S/C18H21ClO3.C10H17NO2.C7H5ClO2.ClH/c1-16(2,15(21)22-3)18-9-17(10-18,11-18)8-14(20)12-5-4-6-13(19)7-12;1-8(2,7(12)13-3)9-4-10(11,5-9)6-9;8-6-3-1-2-5(4-6)7(9)10;/h4-7H,8-11H2,1-3H3;4-6,11H2,1-3H3;1-4H,(H,9,10);1H. The monoisotopic (exact) mass is 695 g/mol. The van der Waals surface area contributed by atoms with Gasteiger partial charge in [0, 0.05) is 27.6 Å². The molecule has 4 bridgehead atoms. The van der Waals surface area contributed by atoms with Gasteiger partial charge >= 0.3 is 17.9 Å². The number of halogens is 3. The number of methoxy groups -OCH3 is 2. The number of carbonyl (C=O) groups is 4. The van der Waals surface area contributed by atoms with Crippen LogP contribution in [0.1, 0.15) is 93.4 Å². The Balaban J connectivity index is 0.000000204. The SMILES string of the molecule is COC(=O)C(C)(C)C12CC(CC(=O)c3cccc(Cl)c3)(C1)C2.COC(=O)C(C)(C)C12CC(N)(C1)C2.Cl.O=C(O)c1cccc(Cl)c1. The van der Waals surface area contributed by atoms with E-state index in [1.165, 1.54) is 26.4 Å². The number of aromatic carboxylic acids is 1. The summed E-state index contributed by atoms with van der Waals surface area (Å²) in [4.78, 5) is 46.2. The largest absolute Gasteiger partial charge is 0.478 e. The summed E-state index contributed by atoms with van der Waals surface area (Å²) in [6.45, 7) is 7.86. The summed E-state index contributed by atoms with van der Waals surface area (Å²) in [6, 6.07) is 13.3. The molecule has 2 aromatic carbocycles. The first kappa shape index (κ1) is 37.8. The predicted octanol–water partition coefficient (Wildman–Crippen LogP) is 7.81. The molecule has 11 heteroatoms. The van der Waals surface area contributed by atoms with Crippen LogP contribution in [-0.2, 0) is 19.1 Å². The molecule has 0 saturated heterocycles. The molecule has 6 fully saturated rings. The molecular weight excluding hydrogens is 653 g/mol. The van der Waals surface area contributed by atoms with Crippen LogP contribution in [0.5, 0.6) is 0 Å². The Kier molecular flexibility index (Phi) is 10.8. The molecule has 2 aromatic rings. The molecule has 0 radical (unpaired) electrons. The summed E-state index contributed by atoms with van der Waals surface area (Å²) in [6.07, 6.45) is 6.33. The molecule has 0 spiro atoms. The van der Waals surface area contributed by atoms with E-state index in [0.29, 0.717) is 22.0 Å². The quantitative estimate of drug-likeness (QED) is 0.211. The highest BCUT2D eigenvalue weighted by atomic mass is 35.5. The molecule has 0 amide bonds. The topological polar surface area (TPSA) is 133 Å². The Morgan fingerprint density at radius 3 is 1.50 bits per heavy atom. The highest BCUT2D eigenvalue weighted by Crippen LogP contribution is 2.80. The van der Waals surface area contributed by atoms with Crippen LogP contribution in [0.15, 0.2) is 48.5 Å². The molecule has 0 aliphatic heterocycles. The second-order valence-electron chi connectivity index (χ2n) is 14.6. The average molecular weight is 697 g/mol. The lowest BCUT2D eigenvalue weighted by atomic mass is 9.28. The summed E-state index contributed by atoms with van der Waals surface area (Å²) in [5, 5.41) is 9.48. The van der Waals surface area contributed by atoms with Crippen LogP contribution < -0.4 is 5.73 Å². The molecule has 252 valence electrons. The Morgan fingerprint density at radius 2 is 1.15 bits per heavy atom. The van der Waals surface area contributed by atoms with Gasteiger partial charge in [0.05, 0.1) is 30.6 Å². The van der Waals surface area contributed by atoms with E-state index in [4.69, 9.17) is 43.5 Å². The van der Waals surface area contributed by atoms with Gasteiger partial charge in [0.2, 0.25) is 0 Å². The van der Waals surface area contributed by atoms with E-state index < -0.39 is 11.4 Å². The first-order valence-corrected chi connectivity index (χ1v) is 15.8. The number of benzene rings is 2. The summed E-state index contributed by atoms with van der Waals surface area (Å²) >= 11 is 11.5. The third-order valence-electron chi connectivity index (χ3n) is 11.0. The molecule has 8 nitrogen and oxygen atoms in total. The van der Waals surface area contributed by atoms with Gasteiger partial charge in [-0.1, -0.05) is 41.4 Å². The Morgan fingerprint density at radius 1 is 0.761 bits per heavy atom. The van der Waals surface area contributed by atoms with Crippen molar-refractivity contribution in [2.75, 3.05) is 14.2 Å². The molecule has 0 unspecified atom stereocenters. The van der Waals surface area contributed by atoms with E-state index in [0.717, 1.165) is 38.5 Å². The summed E-state index contributed by atoms with van der Waals surface area (Å²) in [5.41, 5.74) is 6.34. The highest BCUT2D eigenvalue weighted by molar-refractivity contribution is 6.31. The normalized spacial score (nSPS) is 27.8. The number of esters is 2. The molecule has 0 atom stereocenters. The number of hydrogen-bond donors (Lipinski definition) is 2. The fraction of sp³-hybridized carbons (Fsp3) is 0.543. The second kappa shape index (κ2) is 13.1. The maximum atomic E-state index is 12.4. The van der Waals surface area contributed by atoms with Crippen LogP contribution in [0.4, 0.5) is 0 Å². The molecule has 46 heavy (non-hydrogen) atoms. The zero-order valence-corrected chi connectivity index (χ0v) is 29.5. The maximum Gasteiger partial charge on any atom is 0.335 e. The minimum Gasteiger partial charge on any atom is -0.478 e. The zero-order valence-electron chi connectivity index (χ0n) is 27.2. The van der Waals surface area contributed by atoms with Gasteiger partial charge in [-0.15, -0.1) is 12.4 Å². The van der Waals surface area contributed by atoms with Gasteiger partial charge in [0.25, 0.3) is 0 Å². The van der Waals surface area contributed by atoms with Crippen molar-refractivity contribution in [3.63, 3.8) is 0 Å². The first-order chi connectivity index (χ1) is 20.8. The number of hydrogen-bond acceptors (Lipinski definition) is 7.